The monoisotopic (exact) mass is 423 g/mol. The molecule has 0 aromatic heterocycles. The van der Waals surface area contributed by atoms with Gasteiger partial charge < -0.3 is 14.7 Å². The molecule has 0 radical (unpaired) electrons. The molecule has 0 bridgehead atoms. The first-order chi connectivity index (χ1) is 14.7. The molecule has 1 saturated heterocycles. The fourth-order valence-corrected chi connectivity index (χ4v) is 4.37. The number of ketones is 1. The van der Waals surface area contributed by atoms with Crippen LogP contribution in [-0.4, -0.2) is 49.8 Å². The Morgan fingerprint density at radius 1 is 1.10 bits per heavy atom. The van der Waals surface area contributed by atoms with Crippen LogP contribution in [0.5, 0.6) is 0 Å². The van der Waals surface area contributed by atoms with Crippen LogP contribution >= 0.6 is 0 Å². The van der Waals surface area contributed by atoms with Crippen molar-refractivity contribution in [2.45, 2.75) is 38.2 Å². The van der Waals surface area contributed by atoms with Gasteiger partial charge in [0.2, 0.25) is 0 Å². The predicted octanol–water partition coefficient (Wildman–Crippen LogP) is 1.66. The van der Waals surface area contributed by atoms with Crippen molar-refractivity contribution in [1.82, 2.24) is 0 Å². The van der Waals surface area contributed by atoms with E-state index in [0.717, 1.165) is 18.7 Å². The fraction of sp³-hybridized carbons (Fsp3) is 0.440. The van der Waals surface area contributed by atoms with E-state index >= 15 is 0 Å². The average molecular weight is 424 g/mol. The molecule has 1 fully saturated rings. The highest BCUT2D eigenvalue weighted by atomic mass is 16.5. The zero-order chi connectivity index (χ0) is 22.2. The molecule has 0 saturated carbocycles. The molecule has 2 aromatic rings. The number of quaternary nitrogens is 1. The molecule has 4 rings (SSSR count). The normalized spacial score (nSPS) is 21.9. The van der Waals surface area contributed by atoms with E-state index in [4.69, 9.17) is 4.74 Å². The Morgan fingerprint density at radius 2 is 1.74 bits per heavy atom. The first kappa shape index (κ1) is 21.7. The van der Waals surface area contributed by atoms with Crippen molar-refractivity contribution in [3.63, 3.8) is 0 Å². The molecule has 1 unspecified atom stereocenters. The molecule has 2 aliphatic heterocycles. The standard InChI is InChI=1S/C25H30N2O4/c1-24(2,3)19-10-8-18(9-11-19)22(28)16-25(30)20-6-4-5-7-21(20)27(23(25)29)17-26-12-14-31-15-13-26/h4-11,30H,12-17H2,1-3H3/p+1. The van der Waals surface area contributed by atoms with E-state index in [-0.39, 0.29) is 17.6 Å². The highest BCUT2D eigenvalue weighted by molar-refractivity contribution is 6.10. The van der Waals surface area contributed by atoms with Crippen LogP contribution in [0, 0.1) is 0 Å². The number of benzene rings is 2. The lowest BCUT2D eigenvalue weighted by Crippen LogP contribution is -3.15. The summed E-state index contributed by atoms with van der Waals surface area (Å²) in [7, 11) is 0. The van der Waals surface area contributed by atoms with E-state index in [1.807, 2.05) is 24.3 Å². The summed E-state index contributed by atoms with van der Waals surface area (Å²) < 4.78 is 5.41. The Morgan fingerprint density at radius 3 is 2.39 bits per heavy atom. The van der Waals surface area contributed by atoms with E-state index in [2.05, 4.69) is 20.8 Å². The number of ether oxygens (including phenoxy) is 1. The van der Waals surface area contributed by atoms with Crippen molar-refractivity contribution in [3.8, 4) is 0 Å². The molecule has 2 heterocycles. The van der Waals surface area contributed by atoms with Gasteiger partial charge in [0, 0.05) is 11.1 Å². The van der Waals surface area contributed by atoms with Crippen LogP contribution in [0.15, 0.2) is 48.5 Å². The van der Waals surface area contributed by atoms with Crippen molar-refractivity contribution in [3.05, 3.63) is 65.2 Å². The van der Waals surface area contributed by atoms with Gasteiger partial charge in [-0.05, 0) is 17.0 Å². The van der Waals surface area contributed by atoms with Crippen LogP contribution < -0.4 is 9.80 Å². The molecule has 2 aromatic carbocycles. The Hall–Kier alpha value is -2.54. The topological polar surface area (TPSA) is 71.3 Å². The van der Waals surface area contributed by atoms with Gasteiger partial charge in [-0.1, -0.05) is 63.2 Å². The van der Waals surface area contributed by atoms with Crippen molar-refractivity contribution in [1.29, 1.82) is 0 Å². The van der Waals surface area contributed by atoms with Gasteiger partial charge >= 0.3 is 0 Å². The number of nitrogens with one attached hydrogen (secondary N) is 1. The molecule has 0 spiro atoms. The number of nitrogens with zero attached hydrogens (tertiary/aromatic N) is 1. The number of morpholine rings is 1. The smallest absolute Gasteiger partial charge is 0.268 e. The molecule has 164 valence electrons. The molecular weight excluding hydrogens is 392 g/mol. The molecule has 6 nitrogen and oxygen atoms in total. The Balaban J connectivity index is 1.58. The zero-order valence-electron chi connectivity index (χ0n) is 18.5. The first-order valence-electron chi connectivity index (χ1n) is 10.9. The summed E-state index contributed by atoms with van der Waals surface area (Å²) in [6.45, 7) is 9.74. The number of para-hydroxylation sites is 1. The SMILES string of the molecule is CC(C)(C)c1ccc(C(=O)CC2(O)C(=O)N(C[NH+]3CCOCC3)c3ccccc32)cc1. The summed E-state index contributed by atoms with van der Waals surface area (Å²) in [5.41, 5.74) is 0.968. The molecule has 0 aliphatic carbocycles. The van der Waals surface area contributed by atoms with Crippen LogP contribution in [0.25, 0.3) is 0 Å². The Bertz CT molecular complexity index is 974. The summed E-state index contributed by atoms with van der Waals surface area (Å²) in [5, 5.41) is 11.5. The molecule has 2 N–H and O–H groups in total. The third-order valence-electron chi connectivity index (χ3n) is 6.31. The highest BCUT2D eigenvalue weighted by Gasteiger charge is 2.51. The van der Waals surface area contributed by atoms with Crippen LogP contribution in [0.4, 0.5) is 5.69 Å². The Kier molecular flexibility index (Phi) is 5.73. The number of anilines is 1. The maximum Gasteiger partial charge on any atom is 0.268 e. The van der Waals surface area contributed by atoms with Crippen LogP contribution in [0.1, 0.15) is 48.7 Å². The quantitative estimate of drug-likeness (QED) is 0.718. The van der Waals surface area contributed by atoms with Crippen LogP contribution in [0.2, 0.25) is 0 Å². The fourth-order valence-electron chi connectivity index (χ4n) is 4.37. The Labute approximate surface area is 183 Å². The second-order valence-corrected chi connectivity index (χ2v) is 9.56. The van der Waals surface area contributed by atoms with Crippen LogP contribution in [-0.2, 0) is 20.5 Å². The maximum absolute atomic E-state index is 13.4. The van der Waals surface area contributed by atoms with Gasteiger partial charge in [-0.3, -0.25) is 14.5 Å². The van der Waals surface area contributed by atoms with E-state index < -0.39 is 11.5 Å². The molecule has 2 aliphatic rings. The summed E-state index contributed by atoms with van der Waals surface area (Å²) in [4.78, 5) is 29.3. The highest BCUT2D eigenvalue weighted by Crippen LogP contribution is 2.42. The van der Waals surface area contributed by atoms with Gasteiger partial charge in [-0.2, -0.15) is 0 Å². The number of fused-ring (bicyclic) bond motifs is 1. The number of hydrogen-bond donors (Lipinski definition) is 2. The van der Waals surface area contributed by atoms with Gasteiger partial charge in [-0.25, -0.2) is 0 Å². The minimum atomic E-state index is -1.85. The minimum absolute atomic E-state index is 0.0114. The second-order valence-electron chi connectivity index (χ2n) is 9.56. The number of aliphatic hydroxyl groups is 1. The maximum atomic E-state index is 13.4. The largest absolute Gasteiger partial charge is 0.375 e. The summed E-state index contributed by atoms with van der Waals surface area (Å²) in [5.74, 6) is -0.668. The van der Waals surface area contributed by atoms with Gasteiger partial charge in [-0.15, -0.1) is 0 Å². The lowest BCUT2D eigenvalue weighted by molar-refractivity contribution is -0.906. The zero-order valence-corrected chi connectivity index (χ0v) is 18.5. The lowest BCUT2D eigenvalue weighted by atomic mass is 9.85. The van der Waals surface area contributed by atoms with Crippen molar-refractivity contribution in [2.24, 2.45) is 0 Å². The average Bonchev–Trinajstić information content (AvgIpc) is 2.96. The van der Waals surface area contributed by atoms with Crippen molar-refractivity contribution in [2.75, 3.05) is 37.9 Å². The van der Waals surface area contributed by atoms with E-state index in [0.29, 0.717) is 36.7 Å². The summed E-state index contributed by atoms with van der Waals surface area (Å²) >= 11 is 0. The van der Waals surface area contributed by atoms with E-state index in [1.165, 1.54) is 4.90 Å². The lowest BCUT2D eigenvalue weighted by Gasteiger charge is -2.29. The molecule has 1 atom stereocenters. The second kappa shape index (κ2) is 8.19. The molecule has 6 heteroatoms. The van der Waals surface area contributed by atoms with Gasteiger partial charge in [0.1, 0.15) is 13.1 Å². The number of carbonyl (C=O) groups excluding carboxylic acids is 2. The number of amides is 1. The van der Waals surface area contributed by atoms with Gasteiger partial charge in [0.25, 0.3) is 5.91 Å². The summed E-state index contributed by atoms with van der Waals surface area (Å²) in [6, 6.07) is 14.7. The van der Waals surface area contributed by atoms with E-state index in [9.17, 15) is 14.7 Å². The number of hydrogen-bond acceptors (Lipinski definition) is 4. The van der Waals surface area contributed by atoms with Gasteiger partial charge in [0.15, 0.2) is 18.1 Å². The van der Waals surface area contributed by atoms with Crippen molar-refractivity contribution >= 4 is 17.4 Å². The number of Topliss-reactive ketones (excluding diaryl/α,β-unsaturated/α-hetero) is 1. The minimum Gasteiger partial charge on any atom is -0.375 e. The third-order valence-corrected chi connectivity index (χ3v) is 6.31. The molecule has 31 heavy (non-hydrogen) atoms. The van der Waals surface area contributed by atoms with Crippen LogP contribution in [0.3, 0.4) is 0 Å². The predicted molar refractivity (Wildman–Crippen MR) is 118 cm³/mol. The summed E-state index contributed by atoms with van der Waals surface area (Å²) in [6.07, 6.45) is -0.271. The van der Waals surface area contributed by atoms with E-state index in [1.54, 1.807) is 29.2 Å². The molecular formula is C25H31N2O4+. The first-order valence-corrected chi connectivity index (χ1v) is 10.9. The number of carbonyl (C=O) groups is 2. The van der Waals surface area contributed by atoms with Crippen molar-refractivity contribution < 1.29 is 24.3 Å². The third kappa shape index (κ3) is 4.15. The number of rotatable bonds is 5. The van der Waals surface area contributed by atoms with Gasteiger partial charge in [0.05, 0.1) is 25.3 Å². The molecule has 1 amide bonds.